The fourth-order valence-corrected chi connectivity index (χ4v) is 1.87. The summed E-state index contributed by atoms with van der Waals surface area (Å²) in [7, 11) is 0. The third-order valence-corrected chi connectivity index (χ3v) is 2.88. The molecule has 0 aromatic carbocycles. The smallest absolute Gasteiger partial charge is 0.309 e. The van der Waals surface area contributed by atoms with Gasteiger partial charge in [0.25, 0.3) is 0 Å². The van der Waals surface area contributed by atoms with Gasteiger partial charge in [-0.2, -0.15) is 0 Å². The highest BCUT2D eigenvalue weighted by molar-refractivity contribution is 6.35. The molecule has 0 heterocycles. The van der Waals surface area contributed by atoms with Crippen molar-refractivity contribution in [2.75, 3.05) is 13.1 Å². The molecular weight excluding hydrogens is 232 g/mol. The highest BCUT2D eigenvalue weighted by atomic mass is 16.3. The molecule has 1 aliphatic rings. The lowest BCUT2D eigenvalue weighted by molar-refractivity contribution is -0.139. The average Bonchev–Trinajstić information content (AvgIpc) is 2.37. The fourth-order valence-electron chi connectivity index (χ4n) is 1.87. The Morgan fingerprint density at radius 3 is 2.67 bits per heavy atom. The van der Waals surface area contributed by atoms with E-state index < -0.39 is 17.9 Å². The molecule has 0 bridgehead atoms. The molecule has 2 amide bonds. The number of carbonyl (C=O) groups is 2. The first kappa shape index (κ1) is 14.7. The van der Waals surface area contributed by atoms with Gasteiger partial charge in [0, 0.05) is 13.1 Å². The Morgan fingerprint density at radius 1 is 1.33 bits per heavy atom. The first-order valence-corrected chi connectivity index (χ1v) is 6.51. The van der Waals surface area contributed by atoms with E-state index in [2.05, 4.69) is 16.7 Å². The molecule has 5 heteroatoms. The summed E-state index contributed by atoms with van der Waals surface area (Å²) in [6.45, 7) is 2.14. The Kier molecular flexibility index (Phi) is 6.43. The normalized spacial score (nSPS) is 16.7. The zero-order valence-electron chi connectivity index (χ0n) is 10.9. The number of rotatable bonds is 5. The molecule has 5 nitrogen and oxygen atoms in total. The molecule has 1 aliphatic carbocycles. The van der Waals surface area contributed by atoms with Crippen LogP contribution in [0, 0.1) is 0 Å². The molecule has 0 aromatic heterocycles. The number of hydrogen-bond acceptors (Lipinski definition) is 3. The molecule has 0 aliphatic heterocycles. The summed E-state index contributed by atoms with van der Waals surface area (Å²) in [4.78, 5) is 22.7. The van der Waals surface area contributed by atoms with Gasteiger partial charge < -0.3 is 15.7 Å². The van der Waals surface area contributed by atoms with Crippen LogP contribution in [0.3, 0.4) is 0 Å². The molecule has 0 fully saturated rings. The van der Waals surface area contributed by atoms with Gasteiger partial charge in [-0.1, -0.05) is 11.6 Å². The number of amides is 2. The van der Waals surface area contributed by atoms with Gasteiger partial charge >= 0.3 is 11.8 Å². The van der Waals surface area contributed by atoms with Crippen molar-refractivity contribution in [2.45, 2.75) is 45.1 Å². The van der Waals surface area contributed by atoms with Crippen LogP contribution in [-0.2, 0) is 9.59 Å². The van der Waals surface area contributed by atoms with Crippen molar-refractivity contribution in [2.24, 2.45) is 0 Å². The van der Waals surface area contributed by atoms with Crippen molar-refractivity contribution in [3.8, 4) is 0 Å². The second-order valence-electron chi connectivity index (χ2n) is 4.67. The Bertz CT molecular complexity index is 324. The van der Waals surface area contributed by atoms with Crippen LogP contribution in [0.15, 0.2) is 11.6 Å². The number of nitrogens with one attached hydrogen (secondary N) is 2. The predicted molar refractivity (Wildman–Crippen MR) is 68.9 cm³/mol. The zero-order valence-corrected chi connectivity index (χ0v) is 10.9. The van der Waals surface area contributed by atoms with Gasteiger partial charge in [-0.25, -0.2) is 0 Å². The number of aliphatic hydroxyl groups excluding tert-OH is 1. The van der Waals surface area contributed by atoms with Gasteiger partial charge in [-0.15, -0.1) is 0 Å². The lowest BCUT2D eigenvalue weighted by atomic mass is 9.97. The quantitative estimate of drug-likeness (QED) is 0.493. The van der Waals surface area contributed by atoms with E-state index in [1.165, 1.54) is 18.4 Å². The number of hydrogen-bond donors (Lipinski definition) is 3. The van der Waals surface area contributed by atoms with Crippen LogP contribution in [0.1, 0.15) is 39.0 Å². The molecule has 0 aromatic rings. The van der Waals surface area contributed by atoms with E-state index in [1.807, 2.05) is 0 Å². The molecule has 0 saturated carbocycles. The minimum Gasteiger partial charge on any atom is -0.392 e. The Hall–Kier alpha value is -1.36. The highest BCUT2D eigenvalue weighted by Gasteiger charge is 2.13. The van der Waals surface area contributed by atoms with Crippen LogP contribution < -0.4 is 10.6 Å². The van der Waals surface area contributed by atoms with Crippen LogP contribution in [0.5, 0.6) is 0 Å². The van der Waals surface area contributed by atoms with Crippen molar-refractivity contribution in [1.29, 1.82) is 0 Å². The maximum Gasteiger partial charge on any atom is 0.309 e. The lowest BCUT2D eigenvalue weighted by Crippen LogP contribution is -2.42. The Labute approximate surface area is 108 Å². The van der Waals surface area contributed by atoms with Gasteiger partial charge in [0.15, 0.2) is 0 Å². The summed E-state index contributed by atoms with van der Waals surface area (Å²) in [5, 5.41) is 13.9. The van der Waals surface area contributed by atoms with E-state index >= 15 is 0 Å². The Balaban J connectivity index is 2.16. The second-order valence-corrected chi connectivity index (χ2v) is 4.67. The van der Waals surface area contributed by atoms with E-state index in [-0.39, 0.29) is 6.54 Å². The second kappa shape index (κ2) is 7.87. The summed E-state index contributed by atoms with van der Waals surface area (Å²) < 4.78 is 0. The van der Waals surface area contributed by atoms with Gasteiger partial charge in [0.1, 0.15) is 0 Å². The van der Waals surface area contributed by atoms with E-state index in [4.69, 9.17) is 5.11 Å². The van der Waals surface area contributed by atoms with Crippen molar-refractivity contribution in [3.63, 3.8) is 0 Å². The summed E-state index contributed by atoms with van der Waals surface area (Å²) in [6.07, 6.45) is 7.08. The summed E-state index contributed by atoms with van der Waals surface area (Å²) in [5.74, 6) is -1.32. The van der Waals surface area contributed by atoms with E-state index in [9.17, 15) is 9.59 Å². The fraction of sp³-hybridized carbons (Fsp3) is 0.692. The van der Waals surface area contributed by atoms with E-state index in [0.29, 0.717) is 6.54 Å². The maximum absolute atomic E-state index is 11.4. The van der Waals surface area contributed by atoms with Gasteiger partial charge in [-0.05, 0) is 39.0 Å². The topological polar surface area (TPSA) is 78.4 Å². The van der Waals surface area contributed by atoms with Crippen molar-refractivity contribution >= 4 is 11.8 Å². The van der Waals surface area contributed by atoms with Gasteiger partial charge in [0.05, 0.1) is 6.10 Å². The predicted octanol–water partition coefficient (Wildman–Crippen LogP) is 0.490. The van der Waals surface area contributed by atoms with Crippen LogP contribution in [0.2, 0.25) is 0 Å². The first-order valence-electron chi connectivity index (χ1n) is 6.51. The van der Waals surface area contributed by atoms with Gasteiger partial charge in [-0.3, -0.25) is 9.59 Å². The molecule has 1 rings (SSSR count). The molecule has 102 valence electrons. The summed E-state index contributed by atoms with van der Waals surface area (Å²) >= 11 is 0. The molecule has 0 radical (unpaired) electrons. The van der Waals surface area contributed by atoms with E-state index in [0.717, 1.165) is 19.3 Å². The molecule has 1 unspecified atom stereocenters. The maximum atomic E-state index is 11.4. The Morgan fingerprint density at radius 2 is 2.06 bits per heavy atom. The van der Waals surface area contributed by atoms with Crippen molar-refractivity contribution < 1.29 is 14.7 Å². The summed E-state index contributed by atoms with van der Waals surface area (Å²) in [5.41, 5.74) is 1.37. The monoisotopic (exact) mass is 254 g/mol. The van der Waals surface area contributed by atoms with Gasteiger partial charge in [0.2, 0.25) is 0 Å². The third-order valence-electron chi connectivity index (χ3n) is 2.88. The average molecular weight is 254 g/mol. The highest BCUT2D eigenvalue weighted by Crippen LogP contribution is 2.19. The molecule has 1 atom stereocenters. The molecular formula is C13H22N2O3. The minimum atomic E-state index is -0.687. The molecule has 18 heavy (non-hydrogen) atoms. The van der Waals surface area contributed by atoms with Crippen LogP contribution in [0.25, 0.3) is 0 Å². The first-order chi connectivity index (χ1) is 8.59. The van der Waals surface area contributed by atoms with E-state index in [1.54, 1.807) is 6.92 Å². The number of carbonyl (C=O) groups excluding carboxylic acids is 2. The van der Waals surface area contributed by atoms with Crippen LogP contribution in [0.4, 0.5) is 0 Å². The third kappa shape index (κ3) is 5.82. The van der Waals surface area contributed by atoms with Crippen LogP contribution >= 0.6 is 0 Å². The zero-order chi connectivity index (χ0) is 13.4. The van der Waals surface area contributed by atoms with Crippen LogP contribution in [-0.4, -0.2) is 36.1 Å². The largest absolute Gasteiger partial charge is 0.392 e. The number of aliphatic hydroxyl groups is 1. The molecule has 0 saturated heterocycles. The van der Waals surface area contributed by atoms with Crippen molar-refractivity contribution in [3.05, 3.63) is 11.6 Å². The van der Waals surface area contributed by atoms with Crippen molar-refractivity contribution in [1.82, 2.24) is 10.6 Å². The SMILES string of the molecule is CC(O)CNC(=O)C(=O)NCCC1=CCCCC1. The lowest BCUT2D eigenvalue weighted by Gasteiger charge is -2.13. The number of allylic oxidation sites excluding steroid dienone is 1. The molecule has 3 N–H and O–H groups in total. The summed E-state index contributed by atoms with van der Waals surface area (Å²) in [6, 6.07) is 0. The standard InChI is InChI=1S/C13H22N2O3/c1-10(16)9-15-13(18)12(17)14-8-7-11-5-3-2-4-6-11/h5,10,16H,2-4,6-9H2,1H3,(H,14,17)(H,15,18). The minimum absolute atomic E-state index is 0.0946. The molecule has 0 spiro atoms.